The second-order valence-electron chi connectivity index (χ2n) is 6.82. The molecule has 0 spiro atoms. The van der Waals surface area contributed by atoms with Gasteiger partial charge >= 0.3 is 0 Å². The lowest BCUT2D eigenvalue weighted by Crippen LogP contribution is -2.23. The summed E-state index contributed by atoms with van der Waals surface area (Å²) in [6, 6.07) is 7.66. The summed E-state index contributed by atoms with van der Waals surface area (Å²) in [6.07, 6.45) is 2.95. The summed E-state index contributed by atoms with van der Waals surface area (Å²) in [7, 11) is 0. The lowest BCUT2D eigenvalue weighted by atomic mass is 9.91. The quantitative estimate of drug-likeness (QED) is 0.512. The highest BCUT2D eigenvalue weighted by molar-refractivity contribution is 5.81. The third kappa shape index (κ3) is 3.26. The molecular weight excluding hydrogens is 367 g/mol. The second kappa shape index (κ2) is 7.10. The van der Waals surface area contributed by atoms with E-state index in [1.54, 1.807) is 21.8 Å². The van der Waals surface area contributed by atoms with Crippen molar-refractivity contribution < 1.29 is 13.2 Å². The van der Waals surface area contributed by atoms with Crippen molar-refractivity contribution in [3.05, 3.63) is 77.8 Å². The number of rotatable bonds is 5. The Morgan fingerprint density at radius 2 is 1.79 bits per heavy atom. The van der Waals surface area contributed by atoms with Crippen molar-refractivity contribution in [3.8, 4) is 0 Å². The van der Waals surface area contributed by atoms with Gasteiger partial charge < -0.3 is 0 Å². The van der Waals surface area contributed by atoms with Gasteiger partial charge in [-0.25, -0.2) is 18.2 Å². The normalized spacial score (nSPS) is 13.8. The van der Waals surface area contributed by atoms with E-state index < -0.39 is 17.6 Å². The maximum atomic E-state index is 14.6. The molecule has 4 rings (SSSR count). The second-order valence-corrected chi connectivity index (χ2v) is 6.82. The van der Waals surface area contributed by atoms with E-state index >= 15 is 0 Å². The molecule has 0 unspecified atom stereocenters. The minimum atomic E-state index is -0.634. The fourth-order valence-corrected chi connectivity index (χ4v) is 3.61. The molecule has 2 aromatic carbocycles. The van der Waals surface area contributed by atoms with Crippen LogP contribution >= 0.6 is 0 Å². The summed E-state index contributed by atoms with van der Waals surface area (Å²) in [5.41, 5.74) is 1.78. The minimum Gasteiger partial charge on any atom is -0.265 e. The van der Waals surface area contributed by atoms with E-state index in [0.29, 0.717) is 23.0 Å². The van der Waals surface area contributed by atoms with Crippen LogP contribution in [0.1, 0.15) is 30.1 Å². The zero-order valence-corrected chi connectivity index (χ0v) is 15.4. The van der Waals surface area contributed by atoms with Gasteiger partial charge in [0.1, 0.15) is 30.1 Å². The molecule has 2 aromatic heterocycles. The molecule has 2 heterocycles. The van der Waals surface area contributed by atoms with Crippen LogP contribution in [0.2, 0.25) is 0 Å². The van der Waals surface area contributed by atoms with Crippen LogP contribution in [0.4, 0.5) is 13.2 Å². The molecule has 2 atom stereocenters. The number of benzene rings is 2. The first-order valence-electron chi connectivity index (χ1n) is 8.86. The predicted octanol–water partition coefficient (Wildman–Crippen LogP) is 4.40. The third-order valence-electron chi connectivity index (χ3n) is 5.09. The lowest BCUT2D eigenvalue weighted by Gasteiger charge is -2.26. The molecule has 0 aliphatic heterocycles. The summed E-state index contributed by atoms with van der Waals surface area (Å²) in [5, 5.41) is 9.40. The van der Waals surface area contributed by atoms with Gasteiger partial charge in [0.2, 0.25) is 0 Å². The lowest BCUT2D eigenvalue weighted by molar-refractivity contribution is 0.347. The Labute approximate surface area is 159 Å². The molecule has 0 amide bonds. The van der Waals surface area contributed by atoms with Crippen LogP contribution < -0.4 is 0 Å². The van der Waals surface area contributed by atoms with Gasteiger partial charge in [-0.15, -0.1) is 0 Å². The Bertz CT molecular complexity index is 1120. The molecule has 0 aliphatic carbocycles. The molecule has 0 saturated carbocycles. The van der Waals surface area contributed by atoms with Crippen molar-refractivity contribution >= 4 is 10.9 Å². The average molecular weight is 385 g/mol. The summed E-state index contributed by atoms with van der Waals surface area (Å²) >= 11 is 0. The van der Waals surface area contributed by atoms with E-state index in [1.165, 1.54) is 30.6 Å². The van der Waals surface area contributed by atoms with E-state index in [0.717, 1.165) is 11.8 Å². The van der Waals surface area contributed by atoms with Crippen molar-refractivity contribution in [1.82, 2.24) is 24.5 Å². The first-order valence-corrected chi connectivity index (χ1v) is 8.86. The highest BCUT2D eigenvalue weighted by atomic mass is 19.1. The zero-order chi connectivity index (χ0) is 19.8. The van der Waals surface area contributed by atoms with E-state index in [4.69, 9.17) is 0 Å². The van der Waals surface area contributed by atoms with Crippen LogP contribution in [-0.2, 0) is 6.54 Å². The Balaban J connectivity index is 1.80. The van der Waals surface area contributed by atoms with Crippen LogP contribution in [0, 0.1) is 24.4 Å². The molecule has 0 radical (unpaired) electrons. The molecule has 0 bridgehead atoms. The van der Waals surface area contributed by atoms with E-state index in [2.05, 4.69) is 15.2 Å². The van der Waals surface area contributed by atoms with E-state index in [1.807, 2.05) is 13.8 Å². The van der Waals surface area contributed by atoms with Crippen LogP contribution in [0.25, 0.3) is 10.9 Å². The van der Waals surface area contributed by atoms with E-state index in [-0.39, 0.29) is 11.9 Å². The van der Waals surface area contributed by atoms with Crippen molar-refractivity contribution in [3.63, 3.8) is 0 Å². The summed E-state index contributed by atoms with van der Waals surface area (Å²) in [5.74, 6) is -2.01. The van der Waals surface area contributed by atoms with Crippen LogP contribution in [0.5, 0.6) is 0 Å². The van der Waals surface area contributed by atoms with Crippen LogP contribution in [-0.4, -0.2) is 24.5 Å². The van der Waals surface area contributed by atoms with Gasteiger partial charge in [0.25, 0.3) is 0 Å². The number of hydrogen-bond acceptors (Lipinski definition) is 3. The monoisotopic (exact) mass is 385 g/mol. The number of halogens is 3. The Morgan fingerprint density at radius 3 is 2.50 bits per heavy atom. The molecule has 5 nitrogen and oxygen atoms in total. The standard InChI is InChI=1S/C20H18F3N5/c1-12-17-7-14(21)4-6-20(17)26-28(12)13(2)18(9-27-11-24-10-25-27)16-5-3-15(22)8-19(16)23/h3-8,10-11,13,18H,9H2,1-2H3/t13-,18-/m1/s1. The molecule has 28 heavy (non-hydrogen) atoms. The SMILES string of the molecule is Cc1c2cc(F)ccc2nn1[C@H](C)[C@@H](Cn1cncn1)c1ccc(F)cc1F. The maximum Gasteiger partial charge on any atom is 0.137 e. The summed E-state index contributed by atoms with van der Waals surface area (Å²) in [4.78, 5) is 3.93. The van der Waals surface area contributed by atoms with Gasteiger partial charge in [-0.1, -0.05) is 6.07 Å². The molecule has 0 saturated heterocycles. The van der Waals surface area contributed by atoms with Crippen molar-refractivity contribution in [2.75, 3.05) is 0 Å². The molecule has 4 aromatic rings. The first kappa shape index (κ1) is 18.2. The Morgan fingerprint density at radius 1 is 1.04 bits per heavy atom. The molecular formula is C20H18F3N5. The molecule has 0 N–H and O–H groups in total. The number of nitrogens with zero attached hydrogens (tertiary/aromatic N) is 5. The van der Waals surface area contributed by atoms with Gasteiger partial charge in [-0.2, -0.15) is 10.2 Å². The number of hydrogen-bond donors (Lipinski definition) is 0. The first-order chi connectivity index (χ1) is 13.4. The van der Waals surface area contributed by atoms with Gasteiger partial charge in [0, 0.05) is 23.1 Å². The fourth-order valence-electron chi connectivity index (χ4n) is 3.61. The largest absolute Gasteiger partial charge is 0.265 e. The molecule has 0 fully saturated rings. The number of aromatic nitrogens is 5. The predicted molar refractivity (Wildman–Crippen MR) is 98.3 cm³/mol. The van der Waals surface area contributed by atoms with Crippen LogP contribution in [0.15, 0.2) is 49.1 Å². The molecule has 144 valence electrons. The van der Waals surface area contributed by atoms with Gasteiger partial charge in [-0.3, -0.25) is 9.36 Å². The van der Waals surface area contributed by atoms with Crippen LogP contribution in [0.3, 0.4) is 0 Å². The topological polar surface area (TPSA) is 48.5 Å². The third-order valence-corrected chi connectivity index (χ3v) is 5.09. The Kier molecular flexibility index (Phi) is 4.62. The van der Waals surface area contributed by atoms with E-state index in [9.17, 15) is 13.2 Å². The van der Waals surface area contributed by atoms with Gasteiger partial charge in [-0.05, 0) is 43.7 Å². The van der Waals surface area contributed by atoms with Gasteiger partial charge in [0.15, 0.2) is 0 Å². The summed E-state index contributed by atoms with van der Waals surface area (Å²) in [6.45, 7) is 4.08. The highest BCUT2D eigenvalue weighted by Crippen LogP contribution is 2.34. The molecule has 8 heteroatoms. The Hall–Kier alpha value is -3.16. The smallest absolute Gasteiger partial charge is 0.137 e. The van der Waals surface area contributed by atoms with Crippen molar-refractivity contribution in [1.29, 1.82) is 0 Å². The zero-order valence-electron chi connectivity index (χ0n) is 15.4. The fraction of sp³-hybridized carbons (Fsp3) is 0.250. The number of aryl methyl sites for hydroxylation is 1. The molecule has 0 aliphatic rings. The minimum absolute atomic E-state index is 0.306. The van der Waals surface area contributed by atoms with Crippen molar-refractivity contribution in [2.45, 2.75) is 32.4 Å². The average Bonchev–Trinajstić information content (AvgIpc) is 3.28. The van der Waals surface area contributed by atoms with Crippen molar-refractivity contribution in [2.24, 2.45) is 0 Å². The summed E-state index contributed by atoms with van der Waals surface area (Å²) < 4.78 is 45.0. The highest BCUT2D eigenvalue weighted by Gasteiger charge is 2.27. The van der Waals surface area contributed by atoms with Gasteiger partial charge in [0.05, 0.1) is 18.1 Å². The number of fused-ring (bicyclic) bond motifs is 1. The maximum absolute atomic E-state index is 14.6.